The number of ether oxygens (including phenoxy) is 1. The summed E-state index contributed by atoms with van der Waals surface area (Å²) in [4.78, 5) is 12.8. The zero-order chi connectivity index (χ0) is 26.4. The van der Waals surface area contributed by atoms with Crippen LogP contribution in [0.1, 0.15) is 116 Å². The topological polar surface area (TPSA) is 26.3 Å². The molecule has 0 unspecified atom stereocenters. The van der Waals surface area contributed by atoms with Crippen molar-refractivity contribution >= 4 is 17.6 Å². The molecule has 3 saturated carbocycles. The van der Waals surface area contributed by atoms with E-state index in [1.807, 2.05) is 0 Å². The Morgan fingerprint density at radius 3 is 2.49 bits per heavy atom. The van der Waals surface area contributed by atoms with Crippen LogP contribution in [0.25, 0.3) is 0 Å². The maximum Gasteiger partial charge on any atom is 0.338 e. The zero-order valence-corrected chi connectivity index (χ0v) is 24.7. The van der Waals surface area contributed by atoms with Crippen molar-refractivity contribution in [3.05, 3.63) is 46.5 Å². The maximum absolute atomic E-state index is 12.8. The summed E-state index contributed by atoms with van der Waals surface area (Å²) in [7, 11) is 0. The molecule has 0 amide bonds. The van der Waals surface area contributed by atoms with Gasteiger partial charge in [0.25, 0.3) is 0 Å². The SMILES string of the molecule is CC(C)CCC[C@@H](C)[C@H]1CC[C@H]2[C@@H]3CC=C4C[C@@H](OC(=O)c5ccc(Cl)cc5)CC[C@]4(C)[C@H]3CC[C@]12C. The Morgan fingerprint density at radius 1 is 1.00 bits per heavy atom. The number of hydrogen-bond donors (Lipinski definition) is 0. The van der Waals surface area contributed by atoms with Gasteiger partial charge in [0.1, 0.15) is 6.10 Å². The van der Waals surface area contributed by atoms with E-state index >= 15 is 0 Å². The molecule has 8 atom stereocenters. The van der Waals surface area contributed by atoms with E-state index in [1.54, 1.807) is 29.8 Å². The van der Waals surface area contributed by atoms with E-state index in [-0.39, 0.29) is 17.5 Å². The van der Waals surface area contributed by atoms with Crippen LogP contribution in [0, 0.1) is 46.3 Å². The van der Waals surface area contributed by atoms with E-state index in [4.69, 9.17) is 16.3 Å². The molecule has 1 aromatic carbocycles. The minimum atomic E-state index is -0.215. The van der Waals surface area contributed by atoms with Crippen molar-refractivity contribution in [2.45, 2.75) is 111 Å². The molecule has 0 aliphatic heterocycles. The van der Waals surface area contributed by atoms with Crippen molar-refractivity contribution in [1.29, 1.82) is 0 Å². The molecule has 3 fully saturated rings. The number of esters is 1. The van der Waals surface area contributed by atoms with Crippen LogP contribution in [0.2, 0.25) is 5.02 Å². The van der Waals surface area contributed by atoms with E-state index in [0.29, 0.717) is 16.0 Å². The third-order valence-electron chi connectivity index (χ3n) is 11.6. The summed E-state index contributed by atoms with van der Waals surface area (Å²) in [6.45, 7) is 12.5. The first-order chi connectivity index (χ1) is 17.6. The number of fused-ring (bicyclic) bond motifs is 5. The Labute approximate surface area is 231 Å². The molecule has 204 valence electrons. The molecule has 4 aliphatic carbocycles. The summed E-state index contributed by atoms with van der Waals surface area (Å²) in [5.41, 5.74) is 2.99. The number of carbonyl (C=O) groups excluding carboxylic acids is 1. The Bertz CT molecular complexity index is 996. The molecule has 1 aromatic rings. The summed E-state index contributed by atoms with van der Waals surface area (Å²) in [6.07, 6.45) is 16.7. The lowest BCUT2D eigenvalue weighted by molar-refractivity contribution is -0.0594. The van der Waals surface area contributed by atoms with Crippen LogP contribution in [-0.4, -0.2) is 12.1 Å². The second kappa shape index (κ2) is 10.7. The third-order valence-corrected chi connectivity index (χ3v) is 11.9. The Kier molecular flexibility index (Phi) is 7.90. The molecule has 3 heteroatoms. The van der Waals surface area contributed by atoms with Gasteiger partial charge in [-0.15, -0.1) is 0 Å². The molecular formula is C34H49ClO2. The van der Waals surface area contributed by atoms with Gasteiger partial charge < -0.3 is 4.74 Å². The van der Waals surface area contributed by atoms with Gasteiger partial charge in [0.15, 0.2) is 0 Å². The Balaban J connectivity index is 1.25. The lowest BCUT2D eigenvalue weighted by Gasteiger charge is -2.58. The number of halogens is 1. The highest BCUT2D eigenvalue weighted by atomic mass is 35.5. The average molecular weight is 525 g/mol. The Morgan fingerprint density at radius 2 is 1.76 bits per heavy atom. The second-order valence-electron chi connectivity index (χ2n) is 14.1. The Hall–Kier alpha value is -1.28. The van der Waals surface area contributed by atoms with Crippen LogP contribution >= 0.6 is 11.6 Å². The molecule has 0 saturated heterocycles. The highest BCUT2D eigenvalue weighted by Gasteiger charge is 2.59. The van der Waals surface area contributed by atoms with Crippen LogP contribution in [0.15, 0.2) is 35.9 Å². The van der Waals surface area contributed by atoms with Crippen molar-refractivity contribution in [1.82, 2.24) is 0 Å². The summed E-state index contributed by atoms with van der Waals surface area (Å²) in [5.74, 6) is 4.91. The van der Waals surface area contributed by atoms with Crippen molar-refractivity contribution < 1.29 is 9.53 Å². The van der Waals surface area contributed by atoms with Gasteiger partial charge in [0.2, 0.25) is 0 Å². The monoisotopic (exact) mass is 524 g/mol. The molecule has 2 nitrogen and oxygen atoms in total. The molecular weight excluding hydrogens is 476 g/mol. The molecule has 37 heavy (non-hydrogen) atoms. The normalized spacial score (nSPS) is 37.8. The molecule has 5 rings (SSSR count). The lowest BCUT2D eigenvalue weighted by atomic mass is 9.47. The smallest absolute Gasteiger partial charge is 0.338 e. The van der Waals surface area contributed by atoms with Gasteiger partial charge in [0, 0.05) is 11.4 Å². The van der Waals surface area contributed by atoms with Gasteiger partial charge in [-0.25, -0.2) is 4.79 Å². The molecule has 0 bridgehead atoms. The second-order valence-corrected chi connectivity index (χ2v) is 14.5. The van der Waals surface area contributed by atoms with Crippen LogP contribution < -0.4 is 0 Å². The highest BCUT2D eigenvalue weighted by molar-refractivity contribution is 6.30. The highest BCUT2D eigenvalue weighted by Crippen LogP contribution is 2.67. The van der Waals surface area contributed by atoms with Crippen LogP contribution in [0.3, 0.4) is 0 Å². The fourth-order valence-electron chi connectivity index (χ4n) is 9.56. The predicted molar refractivity (Wildman–Crippen MR) is 154 cm³/mol. The minimum absolute atomic E-state index is 0.00420. The standard InChI is InChI=1S/C34H49ClO2/c1-22(2)7-6-8-23(3)29-15-16-30-28-14-11-25-21-27(37-32(36)24-9-12-26(35)13-10-24)17-19-33(25,4)31(28)18-20-34(29,30)5/h9-13,22-23,27-31H,6-8,14-21H2,1-5H3/t23-,27+,28+,29-,30+,31+,33+,34-/m1/s1. The number of carbonyl (C=O) groups is 1. The zero-order valence-electron chi connectivity index (χ0n) is 23.9. The van der Waals surface area contributed by atoms with Gasteiger partial charge in [-0.05, 0) is 116 Å². The number of allylic oxidation sites excluding steroid dienone is 1. The van der Waals surface area contributed by atoms with E-state index < -0.39 is 0 Å². The number of hydrogen-bond acceptors (Lipinski definition) is 2. The average Bonchev–Trinajstić information content (AvgIpc) is 3.21. The van der Waals surface area contributed by atoms with Crippen molar-refractivity contribution in [3.63, 3.8) is 0 Å². The molecule has 0 radical (unpaired) electrons. The summed E-state index contributed by atoms with van der Waals surface area (Å²) < 4.78 is 6.00. The summed E-state index contributed by atoms with van der Waals surface area (Å²) in [6, 6.07) is 7.05. The maximum atomic E-state index is 12.8. The summed E-state index contributed by atoms with van der Waals surface area (Å²) >= 11 is 5.99. The van der Waals surface area contributed by atoms with E-state index in [2.05, 4.69) is 40.7 Å². The summed E-state index contributed by atoms with van der Waals surface area (Å²) in [5, 5.41) is 0.643. The van der Waals surface area contributed by atoms with Gasteiger partial charge in [-0.3, -0.25) is 0 Å². The largest absolute Gasteiger partial charge is 0.458 e. The van der Waals surface area contributed by atoms with Crippen molar-refractivity contribution in [2.24, 2.45) is 46.3 Å². The predicted octanol–water partition coefficient (Wildman–Crippen LogP) is 9.91. The first kappa shape index (κ1) is 27.3. The minimum Gasteiger partial charge on any atom is -0.458 e. The van der Waals surface area contributed by atoms with Crippen LogP contribution in [0.4, 0.5) is 0 Å². The molecule has 0 spiro atoms. The number of benzene rings is 1. The van der Waals surface area contributed by atoms with Gasteiger partial charge in [-0.1, -0.05) is 77.1 Å². The number of rotatable bonds is 7. The van der Waals surface area contributed by atoms with Gasteiger partial charge in [-0.2, -0.15) is 0 Å². The first-order valence-electron chi connectivity index (χ1n) is 15.3. The fourth-order valence-corrected chi connectivity index (χ4v) is 9.68. The van der Waals surface area contributed by atoms with Crippen LogP contribution in [0.5, 0.6) is 0 Å². The molecule has 0 N–H and O–H groups in total. The van der Waals surface area contributed by atoms with Crippen LogP contribution in [-0.2, 0) is 4.74 Å². The van der Waals surface area contributed by atoms with E-state index in [9.17, 15) is 4.79 Å². The van der Waals surface area contributed by atoms with Gasteiger partial charge in [0.05, 0.1) is 5.56 Å². The molecule has 4 aliphatic rings. The van der Waals surface area contributed by atoms with E-state index in [1.165, 1.54) is 51.4 Å². The molecule has 0 heterocycles. The van der Waals surface area contributed by atoms with E-state index in [0.717, 1.165) is 54.8 Å². The van der Waals surface area contributed by atoms with Gasteiger partial charge >= 0.3 is 5.97 Å². The first-order valence-corrected chi connectivity index (χ1v) is 15.7. The third kappa shape index (κ3) is 5.18. The quantitative estimate of drug-likeness (QED) is 0.262. The fraction of sp³-hybridized carbons (Fsp3) is 0.735. The van der Waals surface area contributed by atoms with Crippen molar-refractivity contribution in [3.8, 4) is 0 Å². The van der Waals surface area contributed by atoms with Crippen molar-refractivity contribution in [2.75, 3.05) is 0 Å². The lowest BCUT2D eigenvalue weighted by Crippen LogP contribution is -2.51. The molecule has 0 aromatic heterocycles.